The van der Waals surface area contributed by atoms with Crippen LogP contribution in [-0.4, -0.2) is 23.2 Å². The topological polar surface area (TPSA) is 44.2 Å². The van der Waals surface area contributed by atoms with Gasteiger partial charge in [0.2, 0.25) is 6.29 Å². The molecule has 0 radical (unpaired) electrons. The minimum atomic E-state index is -4.35. The molecule has 0 aliphatic heterocycles. The van der Waals surface area contributed by atoms with E-state index in [1.54, 1.807) is 0 Å². The van der Waals surface area contributed by atoms with Crippen molar-refractivity contribution < 1.29 is 22.6 Å². The second-order valence-corrected chi connectivity index (χ2v) is 6.82. The van der Waals surface area contributed by atoms with Crippen LogP contribution in [0, 0.1) is 6.92 Å². The molecule has 0 N–H and O–H groups in total. The van der Waals surface area contributed by atoms with Crippen LogP contribution in [0.2, 0.25) is 0 Å². The van der Waals surface area contributed by atoms with Gasteiger partial charge in [-0.2, -0.15) is 13.2 Å². The zero-order valence-corrected chi connectivity index (χ0v) is 15.9. The molecule has 0 saturated carbocycles. The summed E-state index contributed by atoms with van der Waals surface area (Å²) in [6.45, 7) is 6.59. The first kappa shape index (κ1) is 19.7. The Labute approximate surface area is 159 Å². The molecule has 144 valence electrons. The molecule has 2 heterocycles. The van der Waals surface area contributed by atoms with Gasteiger partial charge in [-0.15, -0.1) is 11.3 Å². The summed E-state index contributed by atoms with van der Waals surface area (Å²) < 4.78 is 50.3. The number of ether oxygens (including phenoxy) is 2. The van der Waals surface area contributed by atoms with Crippen molar-refractivity contribution >= 4 is 21.6 Å². The van der Waals surface area contributed by atoms with E-state index in [4.69, 9.17) is 9.47 Å². The largest absolute Gasteiger partial charge is 0.416 e. The number of halogens is 3. The second-order valence-electron chi connectivity index (χ2n) is 5.82. The van der Waals surface area contributed by atoms with Gasteiger partial charge in [0.15, 0.2) is 0 Å². The van der Waals surface area contributed by atoms with Crippen molar-refractivity contribution in [3.63, 3.8) is 0 Å². The first-order valence-corrected chi connectivity index (χ1v) is 9.34. The van der Waals surface area contributed by atoms with Crippen LogP contribution >= 0.6 is 11.3 Å². The number of hydrogen-bond acceptors (Lipinski definition) is 5. The van der Waals surface area contributed by atoms with Crippen molar-refractivity contribution in [2.75, 3.05) is 13.2 Å². The van der Waals surface area contributed by atoms with Crippen molar-refractivity contribution in [3.05, 3.63) is 47.3 Å². The molecule has 0 spiro atoms. The van der Waals surface area contributed by atoms with Gasteiger partial charge in [0.05, 0.1) is 27.2 Å². The van der Waals surface area contributed by atoms with E-state index < -0.39 is 18.0 Å². The summed E-state index contributed by atoms with van der Waals surface area (Å²) >= 11 is 1.40. The van der Waals surface area contributed by atoms with E-state index in [-0.39, 0.29) is 0 Å². The average molecular weight is 396 g/mol. The van der Waals surface area contributed by atoms with Gasteiger partial charge in [0.25, 0.3) is 0 Å². The quantitative estimate of drug-likeness (QED) is 0.497. The van der Waals surface area contributed by atoms with Crippen LogP contribution in [0.25, 0.3) is 20.8 Å². The molecule has 3 rings (SSSR count). The Bertz CT molecular complexity index is 917. The molecule has 3 aromatic rings. The third-order valence-electron chi connectivity index (χ3n) is 3.90. The third-order valence-corrected chi connectivity index (χ3v) is 5.13. The van der Waals surface area contributed by atoms with Gasteiger partial charge in [0.1, 0.15) is 5.01 Å². The molecular formula is C19H19F3N2O2S. The van der Waals surface area contributed by atoms with E-state index in [0.29, 0.717) is 29.5 Å². The van der Waals surface area contributed by atoms with Gasteiger partial charge in [-0.05, 0) is 39.0 Å². The lowest BCUT2D eigenvalue weighted by Gasteiger charge is -2.16. The molecule has 2 aromatic heterocycles. The molecule has 8 heteroatoms. The standard InChI is InChI=1S/C19H19F3N2O2S/c1-4-25-18(26-5-2)15-10-14-16(11(3)23-15)27-17(24-14)12-6-8-13(9-7-12)19(20,21)22/h6-10,18H,4-5H2,1-3H3. The van der Waals surface area contributed by atoms with E-state index in [9.17, 15) is 13.2 Å². The fourth-order valence-corrected chi connectivity index (χ4v) is 3.67. The molecule has 0 amide bonds. The average Bonchev–Trinajstić information content (AvgIpc) is 3.06. The first-order chi connectivity index (χ1) is 12.8. The second kappa shape index (κ2) is 7.92. The number of aryl methyl sites for hydroxylation is 1. The fraction of sp³-hybridized carbons (Fsp3) is 0.368. The summed E-state index contributed by atoms with van der Waals surface area (Å²) in [5.74, 6) is 0. The Balaban J connectivity index is 1.98. The van der Waals surface area contributed by atoms with Gasteiger partial charge >= 0.3 is 6.18 Å². The molecule has 0 saturated heterocycles. The lowest BCUT2D eigenvalue weighted by Crippen LogP contribution is -2.11. The number of rotatable bonds is 6. The normalized spacial score (nSPS) is 12.3. The lowest BCUT2D eigenvalue weighted by atomic mass is 10.1. The van der Waals surface area contributed by atoms with Gasteiger partial charge < -0.3 is 9.47 Å². The number of alkyl halides is 3. The first-order valence-electron chi connectivity index (χ1n) is 8.52. The molecule has 0 aliphatic rings. The van der Waals surface area contributed by atoms with Crippen molar-refractivity contribution in [1.29, 1.82) is 0 Å². The molecule has 0 aliphatic carbocycles. The Hall–Kier alpha value is -2.03. The van der Waals surface area contributed by atoms with Gasteiger partial charge in [-0.25, -0.2) is 4.98 Å². The van der Waals surface area contributed by atoms with E-state index in [2.05, 4.69) is 9.97 Å². The number of aromatic nitrogens is 2. The van der Waals surface area contributed by atoms with Gasteiger partial charge in [-0.1, -0.05) is 12.1 Å². The number of nitrogens with zero attached hydrogens (tertiary/aromatic N) is 2. The fourth-order valence-electron chi connectivity index (χ4n) is 2.67. The van der Waals surface area contributed by atoms with Crippen LogP contribution in [0.5, 0.6) is 0 Å². The zero-order chi connectivity index (χ0) is 19.6. The Morgan fingerprint density at radius 1 is 1.04 bits per heavy atom. The van der Waals surface area contributed by atoms with Crippen LogP contribution in [0.3, 0.4) is 0 Å². The van der Waals surface area contributed by atoms with Crippen LogP contribution in [-0.2, 0) is 15.7 Å². The molecule has 27 heavy (non-hydrogen) atoms. The third kappa shape index (κ3) is 4.28. The zero-order valence-electron chi connectivity index (χ0n) is 15.1. The smallest absolute Gasteiger partial charge is 0.347 e. The van der Waals surface area contributed by atoms with Crippen LogP contribution in [0.1, 0.15) is 37.1 Å². The number of hydrogen-bond donors (Lipinski definition) is 0. The maximum Gasteiger partial charge on any atom is 0.416 e. The highest BCUT2D eigenvalue weighted by molar-refractivity contribution is 7.21. The molecule has 1 aromatic carbocycles. The summed E-state index contributed by atoms with van der Waals surface area (Å²) in [7, 11) is 0. The molecular weight excluding hydrogens is 377 g/mol. The summed E-state index contributed by atoms with van der Waals surface area (Å²) in [6.07, 6.45) is -4.92. The number of pyridine rings is 1. The highest BCUT2D eigenvalue weighted by Gasteiger charge is 2.30. The SMILES string of the molecule is CCOC(OCC)c1cc2nc(-c3ccc(C(F)(F)F)cc3)sc2c(C)n1. The highest BCUT2D eigenvalue weighted by Crippen LogP contribution is 2.35. The van der Waals surface area contributed by atoms with Gasteiger partial charge in [-0.3, -0.25) is 4.98 Å². The van der Waals surface area contributed by atoms with E-state index in [0.717, 1.165) is 28.0 Å². The number of benzene rings is 1. The monoisotopic (exact) mass is 396 g/mol. The molecule has 0 atom stereocenters. The Morgan fingerprint density at radius 2 is 1.67 bits per heavy atom. The summed E-state index contributed by atoms with van der Waals surface area (Å²) in [4.78, 5) is 9.15. The van der Waals surface area contributed by atoms with Crippen LogP contribution in [0.15, 0.2) is 30.3 Å². The number of thiazole rings is 1. The Morgan fingerprint density at radius 3 is 2.22 bits per heavy atom. The predicted octanol–water partition coefficient (Wildman–Crippen LogP) is 5.76. The van der Waals surface area contributed by atoms with E-state index in [1.165, 1.54) is 23.5 Å². The minimum absolute atomic E-state index is 0.483. The minimum Gasteiger partial charge on any atom is -0.347 e. The van der Waals surface area contributed by atoms with E-state index in [1.807, 2.05) is 26.8 Å². The van der Waals surface area contributed by atoms with Gasteiger partial charge in [0, 0.05) is 18.8 Å². The number of fused-ring (bicyclic) bond motifs is 1. The maximum atomic E-state index is 12.7. The molecule has 4 nitrogen and oxygen atoms in total. The molecule has 0 fully saturated rings. The molecule has 0 bridgehead atoms. The van der Waals surface area contributed by atoms with Crippen molar-refractivity contribution in [2.45, 2.75) is 33.2 Å². The van der Waals surface area contributed by atoms with Crippen molar-refractivity contribution in [1.82, 2.24) is 9.97 Å². The predicted molar refractivity (Wildman–Crippen MR) is 98.6 cm³/mol. The van der Waals surface area contributed by atoms with Crippen LogP contribution < -0.4 is 0 Å². The van der Waals surface area contributed by atoms with Crippen LogP contribution in [0.4, 0.5) is 13.2 Å². The highest BCUT2D eigenvalue weighted by atomic mass is 32.1. The van der Waals surface area contributed by atoms with Crippen molar-refractivity contribution in [2.24, 2.45) is 0 Å². The summed E-state index contributed by atoms with van der Waals surface area (Å²) in [5.41, 5.74) is 2.09. The summed E-state index contributed by atoms with van der Waals surface area (Å²) in [5, 5.41) is 0.644. The maximum absolute atomic E-state index is 12.7. The Kier molecular flexibility index (Phi) is 5.78. The summed E-state index contributed by atoms with van der Waals surface area (Å²) in [6, 6.07) is 6.82. The molecule has 0 unspecified atom stereocenters. The lowest BCUT2D eigenvalue weighted by molar-refractivity contribution is -0.142. The van der Waals surface area contributed by atoms with E-state index >= 15 is 0 Å². The van der Waals surface area contributed by atoms with Crippen molar-refractivity contribution in [3.8, 4) is 10.6 Å².